The van der Waals surface area contributed by atoms with Gasteiger partial charge in [0, 0.05) is 12.5 Å². The van der Waals surface area contributed by atoms with Crippen LogP contribution in [-0.4, -0.2) is 55.3 Å². The van der Waals surface area contributed by atoms with E-state index >= 15 is 0 Å². The third kappa shape index (κ3) is 5.41. The highest BCUT2D eigenvalue weighted by molar-refractivity contribution is 5.83. The highest BCUT2D eigenvalue weighted by atomic mass is 16.6. The van der Waals surface area contributed by atoms with Crippen LogP contribution in [0.15, 0.2) is 0 Å². The summed E-state index contributed by atoms with van der Waals surface area (Å²) in [5.41, 5.74) is -0.670. The van der Waals surface area contributed by atoms with Crippen LogP contribution in [0.1, 0.15) is 40.5 Å². The first-order valence-corrected chi connectivity index (χ1v) is 7.73. The first-order chi connectivity index (χ1) is 10.6. The number of amides is 1. The lowest BCUT2D eigenvalue weighted by molar-refractivity contribution is -0.153. The van der Waals surface area contributed by atoms with Crippen molar-refractivity contribution in [2.45, 2.75) is 52.2 Å². The number of carbonyl (C=O) groups excluding carboxylic acids is 3. The molecule has 0 bridgehead atoms. The molecule has 23 heavy (non-hydrogen) atoms. The second kappa shape index (κ2) is 7.66. The van der Waals surface area contributed by atoms with Crippen LogP contribution in [0, 0.1) is 11.8 Å². The number of rotatable bonds is 3. The Balaban J connectivity index is 3.05. The first-order valence-electron chi connectivity index (χ1n) is 7.73. The van der Waals surface area contributed by atoms with Crippen LogP contribution in [0.2, 0.25) is 0 Å². The van der Waals surface area contributed by atoms with Crippen molar-refractivity contribution in [3.8, 4) is 0 Å². The molecule has 7 nitrogen and oxygen atoms in total. The normalized spacial score (nSPS) is 24.8. The molecule has 0 saturated carbocycles. The van der Waals surface area contributed by atoms with E-state index in [4.69, 9.17) is 14.2 Å². The Hall–Kier alpha value is -1.79. The van der Waals surface area contributed by atoms with E-state index in [0.717, 1.165) is 0 Å². The smallest absolute Gasteiger partial charge is 0.411 e. The average molecular weight is 329 g/mol. The molecule has 1 aliphatic heterocycles. The van der Waals surface area contributed by atoms with Crippen molar-refractivity contribution in [1.29, 1.82) is 0 Å². The van der Waals surface area contributed by atoms with E-state index in [1.807, 2.05) is 6.92 Å². The maximum absolute atomic E-state index is 12.5. The SMILES string of the molecule is COC(=O)C[C@H]1C[C@@H](C)CN(C(=O)OC(C)(C)C)[C@@H]1C(=O)OC. The van der Waals surface area contributed by atoms with Crippen LogP contribution in [-0.2, 0) is 23.8 Å². The van der Waals surface area contributed by atoms with Crippen LogP contribution < -0.4 is 0 Å². The molecule has 3 atom stereocenters. The Bertz CT molecular complexity index is 456. The third-order valence-electron chi connectivity index (χ3n) is 3.72. The van der Waals surface area contributed by atoms with Gasteiger partial charge in [0.05, 0.1) is 20.6 Å². The van der Waals surface area contributed by atoms with Crippen molar-refractivity contribution in [3.05, 3.63) is 0 Å². The van der Waals surface area contributed by atoms with Gasteiger partial charge in [-0.2, -0.15) is 0 Å². The van der Waals surface area contributed by atoms with Crippen molar-refractivity contribution in [1.82, 2.24) is 4.90 Å². The summed E-state index contributed by atoms with van der Waals surface area (Å²) in [6.07, 6.45) is 0.114. The summed E-state index contributed by atoms with van der Waals surface area (Å²) in [5, 5.41) is 0. The van der Waals surface area contributed by atoms with Gasteiger partial charge in [0.1, 0.15) is 11.6 Å². The quantitative estimate of drug-likeness (QED) is 0.582. The van der Waals surface area contributed by atoms with Gasteiger partial charge in [-0.05, 0) is 33.1 Å². The second-order valence-electron chi connectivity index (χ2n) is 6.98. The van der Waals surface area contributed by atoms with Gasteiger partial charge in [0.15, 0.2) is 0 Å². The Morgan fingerprint density at radius 2 is 1.74 bits per heavy atom. The van der Waals surface area contributed by atoms with Crippen molar-refractivity contribution in [2.24, 2.45) is 11.8 Å². The monoisotopic (exact) mass is 329 g/mol. The summed E-state index contributed by atoms with van der Waals surface area (Å²) in [6, 6.07) is -0.842. The first kappa shape index (κ1) is 19.3. The van der Waals surface area contributed by atoms with Gasteiger partial charge >= 0.3 is 18.0 Å². The van der Waals surface area contributed by atoms with Crippen molar-refractivity contribution < 1.29 is 28.6 Å². The minimum absolute atomic E-state index is 0.0555. The van der Waals surface area contributed by atoms with Crippen LogP contribution in [0.3, 0.4) is 0 Å². The van der Waals surface area contributed by atoms with Crippen LogP contribution in [0.25, 0.3) is 0 Å². The van der Waals surface area contributed by atoms with E-state index < -0.39 is 29.7 Å². The molecule has 1 aliphatic rings. The van der Waals surface area contributed by atoms with Gasteiger partial charge in [-0.3, -0.25) is 9.69 Å². The van der Waals surface area contributed by atoms with Crippen molar-refractivity contribution >= 4 is 18.0 Å². The maximum Gasteiger partial charge on any atom is 0.411 e. The summed E-state index contributed by atoms with van der Waals surface area (Å²) in [6.45, 7) is 7.63. The zero-order valence-electron chi connectivity index (χ0n) is 14.8. The molecule has 1 heterocycles. The molecule has 1 amide bonds. The number of esters is 2. The predicted molar refractivity (Wildman–Crippen MR) is 82.6 cm³/mol. The van der Waals surface area contributed by atoms with Crippen LogP contribution in [0.5, 0.6) is 0 Å². The number of ether oxygens (including phenoxy) is 3. The second-order valence-corrected chi connectivity index (χ2v) is 6.98. The van der Waals surface area contributed by atoms with Crippen molar-refractivity contribution in [2.75, 3.05) is 20.8 Å². The maximum atomic E-state index is 12.5. The Morgan fingerprint density at radius 1 is 1.13 bits per heavy atom. The molecule has 1 rings (SSSR count). The highest BCUT2D eigenvalue weighted by Gasteiger charge is 2.44. The fourth-order valence-electron chi connectivity index (χ4n) is 2.87. The number of methoxy groups -OCH3 is 2. The number of likely N-dealkylation sites (tertiary alicyclic amines) is 1. The molecule has 0 aromatic carbocycles. The Morgan fingerprint density at radius 3 is 2.22 bits per heavy atom. The summed E-state index contributed by atoms with van der Waals surface area (Å²) < 4.78 is 14.9. The molecule has 0 aromatic heterocycles. The molecule has 0 unspecified atom stereocenters. The van der Waals surface area contributed by atoms with Gasteiger partial charge in [0.25, 0.3) is 0 Å². The lowest BCUT2D eigenvalue weighted by atomic mass is 9.82. The molecule has 132 valence electrons. The molecular weight excluding hydrogens is 302 g/mol. The largest absolute Gasteiger partial charge is 0.469 e. The number of carbonyl (C=O) groups is 3. The zero-order chi connectivity index (χ0) is 17.8. The highest BCUT2D eigenvalue weighted by Crippen LogP contribution is 2.32. The molecule has 0 aliphatic carbocycles. The fraction of sp³-hybridized carbons (Fsp3) is 0.812. The summed E-state index contributed by atoms with van der Waals surface area (Å²) in [4.78, 5) is 37.7. The minimum Gasteiger partial charge on any atom is -0.469 e. The number of hydrogen-bond donors (Lipinski definition) is 0. The van der Waals surface area contributed by atoms with E-state index in [2.05, 4.69) is 0 Å². The van der Waals surface area contributed by atoms with Gasteiger partial charge in [-0.1, -0.05) is 6.92 Å². The number of piperidine rings is 1. The van der Waals surface area contributed by atoms with Gasteiger partial charge < -0.3 is 14.2 Å². The van der Waals surface area contributed by atoms with Gasteiger partial charge in [-0.25, -0.2) is 9.59 Å². The fourth-order valence-corrected chi connectivity index (χ4v) is 2.87. The lowest BCUT2D eigenvalue weighted by Gasteiger charge is -2.42. The lowest BCUT2D eigenvalue weighted by Crippen LogP contribution is -2.56. The molecular formula is C16H27NO6. The third-order valence-corrected chi connectivity index (χ3v) is 3.72. The van der Waals surface area contributed by atoms with Gasteiger partial charge in [0.2, 0.25) is 0 Å². The number of nitrogens with zero attached hydrogens (tertiary/aromatic N) is 1. The minimum atomic E-state index is -0.842. The summed E-state index contributed by atoms with van der Waals surface area (Å²) in [7, 11) is 2.57. The molecule has 0 radical (unpaired) electrons. The van der Waals surface area contributed by atoms with E-state index in [1.54, 1.807) is 20.8 Å². The standard InChI is InChI=1S/C16H27NO6/c1-10-7-11(8-12(18)21-5)13(14(19)22-6)17(9-10)15(20)23-16(2,3)4/h10-11,13H,7-9H2,1-6H3/t10-,11-,13+/m1/s1. The van der Waals surface area contributed by atoms with Gasteiger partial charge in [-0.15, -0.1) is 0 Å². The predicted octanol–water partition coefficient (Wildman–Crippen LogP) is 1.98. The average Bonchev–Trinajstić information content (AvgIpc) is 2.43. The number of hydrogen-bond acceptors (Lipinski definition) is 6. The Labute approximate surface area is 137 Å². The summed E-state index contributed by atoms with van der Waals surface area (Å²) >= 11 is 0. The van der Waals surface area contributed by atoms with E-state index in [-0.39, 0.29) is 18.3 Å². The molecule has 1 saturated heterocycles. The topological polar surface area (TPSA) is 82.1 Å². The molecule has 0 spiro atoms. The molecule has 0 N–H and O–H groups in total. The molecule has 0 aromatic rings. The zero-order valence-corrected chi connectivity index (χ0v) is 14.8. The van der Waals surface area contributed by atoms with Crippen LogP contribution >= 0.6 is 0 Å². The summed E-state index contributed by atoms with van der Waals surface area (Å²) in [5.74, 6) is -1.18. The van der Waals surface area contributed by atoms with E-state index in [1.165, 1.54) is 19.1 Å². The van der Waals surface area contributed by atoms with Crippen LogP contribution in [0.4, 0.5) is 4.79 Å². The Kier molecular flexibility index (Phi) is 6.41. The van der Waals surface area contributed by atoms with E-state index in [0.29, 0.717) is 13.0 Å². The molecule has 7 heteroatoms. The van der Waals surface area contributed by atoms with Crippen molar-refractivity contribution in [3.63, 3.8) is 0 Å². The van der Waals surface area contributed by atoms with E-state index in [9.17, 15) is 14.4 Å². The molecule has 1 fully saturated rings.